The van der Waals surface area contributed by atoms with Gasteiger partial charge in [0.15, 0.2) is 0 Å². The summed E-state index contributed by atoms with van der Waals surface area (Å²) in [6, 6.07) is 1.59. The summed E-state index contributed by atoms with van der Waals surface area (Å²) in [5.41, 5.74) is 6.29. The van der Waals surface area contributed by atoms with Crippen LogP contribution in [0.1, 0.15) is 27.8 Å². The highest BCUT2D eigenvalue weighted by molar-refractivity contribution is 7.14. The quantitative estimate of drug-likeness (QED) is 0.735. The van der Waals surface area contributed by atoms with Crippen LogP contribution in [-0.4, -0.2) is 28.7 Å². The molecule has 0 bridgehead atoms. The van der Waals surface area contributed by atoms with Crippen molar-refractivity contribution in [2.45, 2.75) is 6.92 Å². The fraction of sp³-hybridized carbons (Fsp3) is 0.182. The number of rotatable bonds is 4. The molecule has 2 aromatic heterocycles. The summed E-state index contributed by atoms with van der Waals surface area (Å²) in [7, 11) is 0. The Morgan fingerprint density at radius 2 is 2.37 bits per heavy atom. The molecule has 8 heteroatoms. The standard InChI is InChI=1S/C11H12N4O3S/c1-2-18-11(17)6-3-4-19-10(6)14-9(16)8-7(12)5-13-15-8/h3-5H,2,12H2,1H3,(H,13,15)(H,14,16). The number of nitrogens with zero attached hydrogens (tertiary/aromatic N) is 1. The summed E-state index contributed by atoms with van der Waals surface area (Å²) in [5.74, 6) is -0.931. The van der Waals surface area contributed by atoms with Crippen LogP contribution in [0.25, 0.3) is 0 Å². The Morgan fingerprint density at radius 1 is 1.58 bits per heavy atom. The van der Waals surface area contributed by atoms with Gasteiger partial charge in [0.1, 0.15) is 10.7 Å². The zero-order valence-electron chi connectivity index (χ0n) is 10.1. The SMILES string of the molecule is CCOC(=O)c1ccsc1NC(=O)c1[nH]ncc1N. The number of aromatic amines is 1. The van der Waals surface area contributed by atoms with E-state index in [-0.39, 0.29) is 18.0 Å². The van der Waals surface area contributed by atoms with Crippen LogP contribution < -0.4 is 11.1 Å². The van der Waals surface area contributed by atoms with Crippen LogP contribution in [0.2, 0.25) is 0 Å². The van der Waals surface area contributed by atoms with Crippen LogP contribution >= 0.6 is 11.3 Å². The first-order valence-electron chi connectivity index (χ1n) is 5.48. The largest absolute Gasteiger partial charge is 0.462 e. The molecule has 0 aliphatic rings. The van der Waals surface area contributed by atoms with Crippen molar-refractivity contribution in [3.8, 4) is 0 Å². The molecule has 0 unspecified atom stereocenters. The zero-order valence-corrected chi connectivity index (χ0v) is 10.9. The fourth-order valence-electron chi connectivity index (χ4n) is 1.42. The summed E-state index contributed by atoms with van der Waals surface area (Å²) in [6.07, 6.45) is 1.34. The maximum atomic E-state index is 11.9. The van der Waals surface area contributed by atoms with Crippen LogP contribution in [0.3, 0.4) is 0 Å². The van der Waals surface area contributed by atoms with Crippen LogP contribution in [-0.2, 0) is 4.74 Å². The number of anilines is 2. The van der Waals surface area contributed by atoms with Crippen molar-refractivity contribution in [1.29, 1.82) is 0 Å². The van der Waals surface area contributed by atoms with E-state index in [9.17, 15) is 9.59 Å². The van der Waals surface area contributed by atoms with Gasteiger partial charge in [-0.2, -0.15) is 5.10 Å². The maximum absolute atomic E-state index is 11.9. The summed E-state index contributed by atoms with van der Waals surface area (Å²) in [5, 5.41) is 10.9. The van der Waals surface area contributed by atoms with E-state index in [4.69, 9.17) is 10.5 Å². The number of nitrogens with two attached hydrogens (primary N) is 1. The third kappa shape index (κ3) is 2.74. The highest BCUT2D eigenvalue weighted by atomic mass is 32.1. The van der Waals surface area contributed by atoms with Gasteiger partial charge in [0.2, 0.25) is 0 Å². The van der Waals surface area contributed by atoms with E-state index in [0.29, 0.717) is 10.6 Å². The molecule has 0 radical (unpaired) electrons. The van der Waals surface area contributed by atoms with E-state index in [1.165, 1.54) is 17.5 Å². The van der Waals surface area contributed by atoms with Crippen LogP contribution in [0, 0.1) is 0 Å². The molecule has 0 spiro atoms. The molecular formula is C11H12N4O3S. The fourth-order valence-corrected chi connectivity index (χ4v) is 2.19. The number of aromatic nitrogens is 2. The van der Waals surface area contributed by atoms with Gasteiger partial charge in [-0.05, 0) is 18.4 Å². The van der Waals surface area contributed by atoms with Crippen LogP contribution in [0.5, 0.6) is 0 Å². The number of amides is 1. The molecule has 0 aliphatic carbocycles. The number of carbonyl (C=O) groups is 2. The maximum Gasteiger partial charge on any atom is 0.341 e. The predicted octanol–water partition coefficient (Wildman–Crippen LogP) is 1.48. The molecule has 1 amide bonds. The first-order valence-corrected chi connectivity index (χ1v) is 6.36. The Hall–Kier alpha value is -2.35. The van der Waals surface area contributed by atoms with Crippen LogP contribution in [0.4, 0.5) is 10.7 Å². The van der Waals surface area contributed by atoms with Crippen molar-refractivity contribution >= 4 is 33.9 Å². The van der Waals surface area contributed by atoms with Gasteiger partial charge in [-0.15, -0.1) is 11.3 Å². The van der Waals surface area contributed by atoms with Crippen molar-refractivity contribution in [3.05, 3.63) is 28.9 Å². The summed E-state index contributed by atoms with van der Waals surface area (Å²) in [4.78, 5) is 23.6. The number of esters is 1. The van der Waals surface area contributed by atoms with Crippen molar-refractivity contribution in [1.82, 2.24) is 10.2 Å². The average Bonchev–Trinajstić information content (AvgIpc) is 2.98. The van der Waals surface area contributed by atoms with Crippen molar-refractivity contribution in [2.24, 2.45) is 0 Å². The van der Waals surface area contributed by atoms with Crippen molar-refractivity contribution in [3.63, 3.8) is 0 Å². The second-order valence-electron chi connectivity index (χ2n) is 3.54. The third-order valence-corrected chi connectivity index (χ3v) is 3.11. The molecule has 2 aromatic rings. The van der Waals surface area contributed by atoms with E-state index in [1.54, 1.807) is 18.4 Å². The first-order chi connectivity index (χ1) is 9.13. The van der Waals surface area contributed by atoms with Gasteiger partial charge in [0.05, 0.1) is 24.1 Å². The van der Waals surface area contributed by atoms with E-state index in [2.05, 4.69) is 15.5 Å². The molecule has 2 rings (SSSR count). The topological polar surface area (TPSA) is 110 Å². The molecule has 19 heavy (non-hydrogen) atoms. The van der Waals surface area contributed by atoms with Gasteiger partial charge in [0, 0.05) is 0 Å². The molecule has 2 heterocycles. The number of ether oxygens (including phenoxy) is 1. The van der Waals surface area contributed by atoms with E-state index < -0.39 is 11.9 Å². The summed E-state index contributed by atoms with van der Waals surface area (Å²) < 4.78 is 4.89. The highest BCUT2D eigenvalue weighted by Crippen LogP contribution is 2.25. The van der Waals surface area contributed by atoms with Gasteiger partial charge >= 0.3 is 5.97 Å². The molecule has 0 saturated carbocycles. The number of thiophene rings is 1. The van der Waals surface area contributed by atoms with E-state index >= 15 is 0 Å². The molecule has 0 aromatic carbocycles. The Kier molecular flexibility index (Phi) is 3.81. The lowest BCUT2D eigenvalue weighted by atomic mass is 10.3. The van der Waals surface area contributed by atoms with Gasteiger partial charge in [-0.25, -0.2) is 4.79 Å². The van der Waals surface area contributed by atoms with Gasteiger partial charge < -0.3 is 15.8 Å². The number of carbonyl (C=O) groups excluding carboxylic acids is 2. The van der Waals surface area contributed by atoms with Crippen molar-refractivity contribution < 1.29 is 14.3 Å². The molecule has 0 atom stereocenters. The lowest BCUT2D eigenvalue weighted by molar-refractivity contribution is 0.0528. The lowest BCUT2D eigenvalue weighted by Gasteiger charge is -2.05. The molecule has 7 nitrogen and oxygen atoms in total. The van der Waals surface area contributed by atoms with Gasteiger partial charge in [-0.1, -0.05) is 0 Å². The Balaban J connectivity index is 2.16. The smallest absolute Gasteiger partial charge is 0.341 e. The summed E-state index contributed by atoms with van der Waals surface area (Å²) >= 11 is 1.23. The monoisotopic (exact) mass is 280 g/mol. The molecular weight excluding hydrogens is 268 g/mol. The second kappa shape index (κ2) is 5.53. The first kappa shape index (κ1) is 13.1. The number of nitrogen functional groups attached to an aromatic ring is 1. The minimum Gasteiger partial charge on any atom is -0.462 e. The average molecular weight is 280 g/mol. The number of hydrogen-bond donors (Lipinski definition) is 3. The van der Waals surface area contributed by atoms with Crippen LogP contribution in [0.15, 0.2) is 17.6 Å². The second-order valence-corrected chi connectivity index (χ2v) is 4.45. The molecule has 100 valence electrons. The minimum absolute atomic E-state index is 0.156. The highest BCUT2D eigenvalue weighted by Gasteiger charge is 2.18. The summed E-state index contributed by atoms with van der Waals surface area (Å²) in [6.45, 7) is 1.99. The van der Waals surface area contributed by atoms with Gasteiger partial charge in [-0.3, -0.25) is 9.89 Å². The Morgan fingerprint density at radius 3 is 3.00 bits per heavy atom. The lowest BCUT2D eigenvalue weighted by Crippen LogP contribution is -2.15. The van der Waals surface area contributed by atoms with Gasteiger partial charge in [0.25, 0.3) is 5.91 Å². The minimum atomic E-state index is -0.475. The predicted molar refractivity (Wildman–Crippen MR) is 71.2 cm³/mol. The zero-order chi connectivity index (χ0) is 13.8. The normalized spacial score (nSPS) is 10.2. The molecule has 0 aliphatic heterocycles. The molecule has 0 fully saturated rings. The number of H-pyrrole nitrogens is 1. The van der Waals surface area contributed by atoms with Crippen molar-refractivity contribution in [2.75, 3.05) is 17.7 Å². The molecule has 0 saturated heterocycles. The Labute approximate surface area is 112 Å². The molecule has 4 N–H and O–H groups in total. The third-order valence-electron chi connectivity index (χ3n) is 2.28. The van der Waals surface area contributed by atoms with E-state index in [0.717, 1.165) is 0 Å². The van der Waals surface area contributed by atoms with E-state index in [1.807, 2.05) is 0 Å². The number of nitrogens with one attached hydrogen (secondary N) is 2. The Bertz CT molecular complexity index is 605. The number of hydrogen-bond acceptors (Lipinski definition) is 6.